The van der Waals surface area contributed by atoms with E-state index in [0.717, 1.165) is 6.42 Å². The highest BCUT2D eigenvalue weighted by Gasteiger charge is 2.08. The number of aromatic nitrogens is 4. The van der Waals surface area contributed by atoms with Gasteiger partial charge in [-0.3, -0.25) is 4.79 Å². The number of rotatable bonds is 6. The van der Waals surface area contributed by atoms with E-state index in [0.29, 0.717) is 31.0 Å². The Morgan fingerprint density at radius 1 is 1.53 bits per heavy atom. The van der Waals surface area contributed by atoms with Crippen molar-refractivity contribution < 1.29 is 4.52 Å². The second-order valence-corrected chi connectivity index (χ2v) is 4.30. The van der Waals surface area contributed by atoms with Crippen molar-refractivity contribution in [2.75, 3.05) is 11.9 Å². The summed E-state index contributed by atoms with van der Waals surface area (Å²) in [6, 6.07) is 0. The van der Waals surface area contributed by atoms with Crippen molar-refractivity contribution in [1.82, 2.24) is 19.9 Å². The van der Waals surface area contributed by atoms with E-state index in [1.165, 1.54) is 11.1 Å². The number of aryl methyl sites for hydroxylation is 1. The molecule has 1 N–H and O–H groups in total. The first kappa shape index (κ1) is 13.5. The minimum Gasteiger partial charge on any atom is -0.382 e. The molecule has 2 rings (SSSR count). The molecule has 0 saturated carbocycles. The molecular formula is C11H14ClN5O2. The Bertz CT molecular complexity index is 581. The Hall–Kier alpha value is -1.89. The summed E-state index contributed by atoms with van der Waals surface area (Å²) in [6.45, 7) is 3.07. The van der Waals surface area contributed by atoms with Crippen LogP contribution in [0.25, 0.3) is 0 Å². The van der Waals surface area contributed by atoms with E-state index < -0.39 is 0 Å². The van der Waals surface area contributed by atoms with Gasteiger partial charge in [0, 0.05) is 19.5 Å². The van der Waals surface area contributed by atoms with Crippen LogP contribution in [-0.4, -0.2) is 26.5 Å². The van der Waals surface area contributed by atoms with Gasteiger partial charge in [-0.25, -0.2) is 4.68 Å². The molecule has 2 aromatic heterocycles. The number of anilines is 1. The van der Waals surface area contributed by atoms with Crippen LogP contribution in [0, 0.1) is 0 Å². The van der Waals surface area contributed by atoms with Crippen LogP contribution >= 0.6 is 11.6 Å². The first-order chi connectivity index (χ1) is 9.22. The average molecular weight is 284 g/mol. The normalized spacial score (nSPS) is 10.6. The third kappa shape index (κ3) is 3.31. The fraction of sp³-hybridized carbons (Fsp3) is 0.455. The van der Waals surface area contributed by atoms with Gasteiger partial charge in [0.1, 0.15) is 5.02 Å². The molecule has 0 atom stereocenters. The molecule has 19 heavy (non-hydrogen) atoms. The summed E-state index contributed by atoms with van der Waals surface area (Å²) in [5, 5.41) is 10.9. The molecule has 2 heterocycles. The second kappa shape index (κ2) is 6.33. The average Bonchev–Trinajstić information content (AvgIpc) is 2.91. The summed E-state index contributed by atoms with van der Waals surface area (Å²) in [4.78, 5) is 15.8. The molecule has 102 valence electrons. The fourth-order valence-corrected chi connectivity index (χ4v) is 1.78. The molecule has 0 aromatic carbocycles. The van der Waals surface area contributed by atoms with E-state index in [1.54, 1.807) is 6.20 Å². The predicted octanol–water partition coefficient (Wildman–Crippen LogP) is 1.34. The van der Waals surface area contributed by atoms with Crippen molar-refractivity contribution in [2.24, 2.45) is 0 Å². The van der Waals surface area contributed by atoms with E-state index in [-0.39, 0.29) is 10.6 Å². The Kier molecular flexibility index (Phi) is 4.51. The van der Waals surface area contributed by atoms with Gasteiger partial charge >= 0.3 is 0 Å². The maximum atomic E-state index is 11.9. The van der Waals surface area contributed by atoms with Gasteiger partial charge in [0.25, 0.3) is 5.56 Å². The van der Waals surface area contributed by atoms with Gasteiger partial charge in [-0.1, -0.05) is 23.7 Å². The summed E-state index contributed by atoms with van der Waals surface area (Å²) in [7, 11) is 0. The van der Waals surface area contributed by atoms with Crippen molar-refractivity contribution in [3.63, 3.8) is 0 Å². The van der Waals surface area contributed by atoms with E-state index in [4.69, 9.17) is 11.6 Å². The Morgan fingerprint density at radius 3 is 3.05 bits per heavy atom. The number of hydrogen-bond donors (Lipinski definition) is 1. The second-order valence-electron chi connectivity index (χ2n) is 3.92. The van der Waals surface area contributed by atoms with Gasteiger partial charge < -0.3 is 9.84 Å². The molecule has 0 unspecified atom stereocenters. The highest BCUT2D eigenvalue weighted by Crippen LogP contribution is 2.15. The molecule has 0 aliphatic rings. The quantitative estimate of drug-likeness (QED) is 0.861. The van der Waals surface area contributed by atoms with Gasteiger partial charge in [-0.15, -0.1) is 0 Å². The maximum Gasteiger partial charge on any atom is 0.287 e. The Balaban J connectivity index is 2.01. The van der Waals surface area contributed by atoms with Crippen LogP contribution in [0.4, 0.5) is 5.69 Å². The van der Waals surface area contributed by atoms with E-state index >= 15 is 0 Å². The minimum absolute atomic E-state index is 0.150. The first-order valence-electron chi connectivity index (χ1n) is 5.97. The molecule has 0 fully saturated rings. The smallest absolute Gasteiger partial charge is 0.287 e. The molecule has 0 amide bonds. The molecule has 0 aliphatic heterocycles. The van der Waals surface area contributed by atoms with E-state index in [1.807, 2.05) is 6.92 Å². The number of nitrogens with one attached hydrogen (secondary N) is 1. The van der Waals surface area contributed by atoms with Crippen LogP contribution in [0.5, 0.6) is 0 Å². The first-order valence-corrected chi connectivity index (χ1v) is 6.35. The van der Waals surface area contributed by atoms with Crippen molar-refractivity contribution in [3.05, 3.63) is 33.8 Å². The summed E-state index contributed by atoms with van der Waals surface area (Å²) >= 11 is 6.01. The highest BCUT2D eigenvalue weighted by molar-refractivity contribution is 6.32. The summed E-state index contributed by atoms with van der Waals surface area (Å²) in [5.41, 5.74) is 0.232. The monoisotopic (exact) mass is 283 g/mol. The maximum absolute atomic E-state index is 11.9. The molecule has 0 saturated heterocycles. The van der Waals surface area contributed by atoms with Crippen molar-refractivity contribution in [1.29, 1.82) is 0 Å². The van der Waals surface area contributed by atoms with Gasteiger partial charge in [0.15, 0.2) is 5.82 Å². The highest BCUT2D eigenvalue weighted by atomic mass is 35.5. The lowest BCUT2D eigenvalue weighted by atomic mass is 10.3. The zero-order chi connectivity index (χ0) is 13.7. The van der Waals surface area contributed by atoms with Gasteiger partial charge in [0.05, 0.1) is 11.9 Å². The molecule has 8 heteroatoms. The van der Waals surface area contributed by atoms with E-state index in [9.17, 15) is 4.79 Å². The standard InChI is InChI=1S/C11H14ClN5O2/c1-2-5-17-11(18)10(12)8(6-15-17)13-4-3-9-14-7-19-16-9/h6-7,13H,2-5H2,1H3. The summed E-state index contributed by atoms with van der Waals surface area (Å²) in [5.74, 6) is 0.593. The molecular weight excluding hydrogens is 270 g/mol. The molecule has 7 nitrogen and oxygen atoms in total. The van der Waals surface area contributed by atoms with Crippen LogP contribution in [0.2, 0.25) is 5.02 Å². The minimum atomic E-state index is -0.284. The molecule has 0 bridgehead atoms. The van der Waals surface area contributed by atoms with Crippen molar-refractivity contribution in [3.8, 4) is 0 Å². The zero-order valence-corrected chi connectivity index (χ0v) is 11.2. The third-order valence-electron chi connectivity index (χ3n) is 2.49. The van der Waals surface area contributed by atoms with Crippen molar-refractivity contribution in [2.45, 2.75) is 26.3 Å². The number of hydrogen-bond acceptors (Lipinski definition) is 6. The largest absolute Gasteiger partial charge is 0.382 e. The van der Waals surface area contributed by atoms with E-state index in [2.05, 4.69) is 25.1 Å². The number of nitrogens with zero attached hydrogens (tertiary/aromatic N) is 4. The summed E-state index contributed by atoms with van der Waals surface area (Å²) < 4.78 is 5.98. The van der Waals surface area contributed by atoms with Crippen LogP contribution in [0.3, 0.4) is 0 Å². The third-order valence-corrected chi connectivity index (χ3v) is 2.86. The summed E-state index contributed by atoms with van der Waals surface area (Å²) in [6.07, 6.45) is 4.23. The topological polar surface area (TPSA) is 85.8 Å². The number of halogens is 1. The lowest BCUT2D eigenvalue weighted by Crippen LogP contribution is -2.24. The van der Waals surface area contributed by atoms with Gasteiger partial charge in [0.2, 0.25) is 6.39 Å². The fourth-order valence-electron chi connectivity index (χ4n) is 1.57. The van der Waals surface area contributed by atoms with Crippen LogP contribution in [0.15, 0.2) is 21.9 Å². The zero-order valence-electron chi connectivity index (χ0n) is 10.5. The lowest BCUT2D eigenvalue weighted by Gasteiger charge is -2.08. The molecule has 0 spiro atoms. The Labute approximate surface area is 114 Å². The van der Waals surface area contributed by atoms with Crippen LogP contribution in [0.1, 0.15) is 19.2 Å². The SMILES string of the molecule is CCCn1ncc(NCCc2ncon2)c(Cl)c1=O. The molecule has 0 aliphatic carbocycles. The molecule has 0 radical (unpaired) electrons. The molecule has 2 aromatic rings. The van der Waals surface area contributed by atoms with Crippen molar-refractivity contribution >= 4 is 17.3 Å². The lowest BCUT2D eigenvalue weighted by molar-refractivity contribution is 0.410. The van der Waals surface area contributed by atoms with Gasteiger partial charge in [-0.2, -0.15) is 10.1 Å². The Morgan fingerprint density at radius 2 is 2.37 bits per heavy atom. The van der Waals surface area contributed by atoms with Gasteiger partial charge in [-0.05, 0) is 6.42 Å². The predicted molar refractivity (Wildman–Crippen MR) is 70.3 cm³/mol. The van der Waals surface area contributed by atoms with Crippen LogP contribution in [-0.2, 0) is 13.0 Å². The van der Waals surface area contributed by atoms with Crippen LogP contribution < -0.4 is 10.9 Å².